The highest BCUT2D eigenvalue weighted by Crippen LogP contribution is 2.24. The second-order valence-electron chi connectivity index (χ2n) is 5.76. The number of imide groups is 1. The van der Waals surface area contributed by atoms with Gasteiger partial charge >= 0.3 is 0 Å². The first-order chi connectivity index (χ1) is 12.1. The lowest BCUT2D eigenvalue weighted by molar-refractivity contribution is -0.121. The van der Waals surface area contributed by atoms with Crippen LogP contribution < -0.4 is 5.32 Å². The molecule has 1 aliphatic heterocycles. The van der Waals surface area contributed by atoms with Crippen molar-refractivity contribution in [3.8, 4) is 0 Å². The Balaban J connectivity index is 1.50. The molecule has 0 bridgehead atoms. The average molecular weight is 340 g/mol. The summed E-state index contributed by atoms with van der Waals surface area (Å²) in [4.78, 5) is 37.2. The molecule has 0 fully saturated rings. The van der Waals surface area contributed by atoms with Crippen LogP contribution in [0.2, 0.25) is 0 Å². The second-order valence-corrected chi connectivity index (χ2v) is 5.76. The Morgan fingerprint density at radius 3 is 2.48 bits per heavy atom. The van der Waals surface area contributed by atoms with E-state index in [2.05, 4.69) is 5.32 Å². The van der Waals surface area contributed by atoms with Crippen LogP contribution in [0.3, 0.4) is 0 Å². The number of carbonyl (C=O) groups excluding carboxylic acids is 3. The van der Waals surface area contributed by atoms with Crippen molar-refractivity contribution in [3.05, 3.63) is 71.0 Å². The Labute approximate surface area is 144 Å². The first-order valence-corrected chi connectivity index (χ1v) is 8.03. The molecule has 0 spiro atoms. The average Bonchev–Trinajstić information content (AvgIpc) is 2.87. The molecule has 0 saturated carbocycles. The minimum atomic E-state index is -0.703. The van der Waals surface area contributed by atoms with Gasteiger partial charge in [-0.2, -0.15) is 0 Å². The number of amides is 3. The van der Waals surface area contributed by atoms with Gasteiger partial charge < -0.3 is 5.32 Å². The molecule has 6 heteroatoms. The first kappa shape index (κ1) is 16.8. The summed E-state index contributed by atoms with van der Waals surface area (Å²) in [6.07, 6.45) is 0.936. The van der Waals surface area contributed by atoms with Gasteiger partial charge in [0.1, 0.15) is 5.82 Å². The van der Waals surface area contributed by atoms with Gasteiger partial charge in [-0.3, -0.25) is 19.3 Å². The molecule has 0 radical (unpaired) electrons. The Bertz CT molecular complexity index is 821. The largest absolute Gasteiger partial charge is 0.354 e. The summed E-state index contributed by atoms with van der Waals surface area (Å²) < 4.78 is 13.7. The standard InChI is InChI=1S/C19H17FN2O3/c20-15-8-4-7-14-17(15)19(25)22(18(14)24)12-11-21-16(23)10-9-13-5-2-1-3-6-13/h1-8H,9-12H2,(H,21,23). The highest BCUT2D eigenvalue weighted by molar-refractivity contribution is 6.21. The minimum Gasteiger partial charge on any atom is -0.354 e. The summed E-state index contributed by atoms with van der Waals surface area (Å²) in [7, 11) is 0. The Kier molecular flexibility index (Phi) is 4.88. The van der Waals surface area contributed by atoms with E-state index in [1.54, 1.807) is 0 Å². The molecule has 0 aliphatic carbocycles. The number of halogens is 1. The molecule has 1 N–H and O–H groups in total. The zero-order valence-corrected chi connectivity index (χ0v) is 13.5. The molecule has 25 heavy (non-hydrogen) atoms. The van der Waals surface area contributed by atoms with Crippen molar-refractivity contribution in [2.45, 2.75) is 12.8 Å². The molecular formula is C19H17FN2O3. The number of hydrogen-bond acceptors (Lipinski definition) is 3. The van der Waals surface area contributed by atoms with Gasteiger partial charge in [0.15, 0.2) is 0 Å². The first-order valence-electron chi connectivity index (χ1n) is 8.03. The molecule has 0 atom stereocenters. The quantitative estimate of drug-likeness (QED) is 0.820. The zero-order chi connectivity index (χ0) is 17.8. The fourth-order valence-corrected chi connectivity index (χ4v) is 2.79. The fourth-order valence-electron chi connectivity index (χ4n) is 2.79. The van der Waals surface area contributed by atoms with E-state index in [9.17, 15) is 18.8 Å². The van der Waals surface area contributed by atoms with Gasteiger partial charge in [0.25, 0.3) is 11.8 Å². The van der Waals surface area contributed by atoms with E-state index in [0.29, 0.717) is 12.8 Å². The molecule has 5 nitrogen and oxygen atoms in total. The van der Waals surface area contributed by atoms with Crippen molar-refractivity contribution in [1.82, 2.24) is 10.2 Å². The lowest BCUT2D eigenvalue weighted by Gasteiger charge is -2.14. The van der Waals surface area contributed by atoms with Gasteiger partial charge in [-0.1, -0.05) is 36.4 Å². The van der Waals surface area contributed by atoms with E-state index in [-0.39, 0.29) is 30.1 Å². The monoisotopic (exact) mass is 340 g/mol. The molecule has 0 aromatic heterocycles. The lowest BCUT2D eigenvalue weighted by Crippen LogP contribution is -2.38. The van der Waals surface area contributed by atoms with Crippen molar-refractivity contribution >= 4 is 17.7 Å². The van der Waals surface area contributed by atoms with E-state index < -0.39 is 17.6 Å². The maximum atomic E-state index is 13.7. The Hall–Kier alpha value is -3.02. The van der Waals surface area contributed by atoms with Gasteiger partial charge in [-0.05, 0) is 24.1 Å². The van der Waals surface area contributed by atoms with Gasteiger partial charge in [-0.25, -0.2) is 4.39 Å². The summed E-state index contributed by atoms with van der Waals surface area (Å²) in [6, 6.07) is 13.6. The molecule has 3 amide bonds. The molecule has 1 heterocycles. The van der Waals surface area contributed by atoms with Gasteiger partial charge in [-0.15, -0.1) is 0 Å². The molecule has 0 saturated heterocycles. The summed E-state index contributed by atoms with van der Waals surface area (Å²) in [6.45, 7) is 0.156. The van der Waals surface area contributed by atoms with E-state index >= 15 is 0 Å². The van der Waals surface area contributed by atoms with Crippen molar-refractivity contribution in [3.63, 3.8) is 0 Å². The van der Waals surface area contributed by atoms with Crippen LogP contribution in [0.1, 0.15) is 32.7 Å². The van der Waals surface area contributed by atoms with Gasteiger partial charge in [0, 0.05) is 19.5 Å². The van der Waals surface area contributed by atoms with E-state index in [1.807, 2.05) is 30.3 Å². The Morgan fingerprint density at radius 1 is 1.00 bits per heavy atom. The number of hydrogen-bond donors (Lipinski definition) is 1. The molecular weight excluding hydrogens is 323 g/mol. The predicted molar refractivity (Wildman–Crippen MR) is 89.5 cm³/mol. The van der Waals surface area contributed by atoms with Crippen molar-refractivity contribution < 1.29 is 18.8 Å². The predicted octanol–water partition coefficient (Wildman–Crippen LogP) is 2.17. The molecule has 128 valence electrons. The van der Waals surface area contributed by atoms with Gasteiger partial charge in [0.2, 0.25) is 5.91 Å². The van der Waals surface area contributed by atoms with Crippen LogP contribution in [0.15, 0.2) is 48.5 Å². The number of benzene rings is 2. The van der Waals surface area contributed by atoms with Crippen molar-refractivity contribution in [2.75, 3.05) is 13.1 Å². The maximum absolute atomic E-state index is 13.7. The highest BCUT2D eigenvalue weighted by atomic mass is 19.1. The fraction of sp³-hybridized carbons (Fsp3) is 0.211. The lowest BCUT2D eigenvalue weighted by atomic mass is 10.1. The van der Waals surface area contributed by atoms with Crippen LogP contribution in [0.25, 0.3) is 0 Å². The molecule has 3 rings (SSSR count). The van der Waals surface area contributed by atoms with Gasteiger partial charge in [0.05, 0.1) is 11.1 Å². The maximum Gasteiger partial charge on any atom is 0.264 e. The summed E-state index contributed by atoms with van der Waals surface area (Å²) >= 11 is 0. The number of rotatable bonds is 6. The number of aryl methyl sites for hydroxylation is 1. The van der Waals surface area contributed by atoms with Crippen LogP contribution >= 0.6 is 0 Å². The summed E-state index contributed by atoms with van der Waals surface area (Å²) in [5.41, 5.74) is 0.941. The zero-order valence-electron chi connectivity index (χ0n) is 13.5. The van der Waals surface area contributed by atoms with Crippen LogP contribution in [0.4, 0.5) is 4.39 Å². The Morgan fingerprint density at radius 2 is 1.76 bits per heavy atom. The van der Waals surface area contributed by atoms with Crippen molar-refractivity contribution in [2.24, 2.45) is 0 Å². The second kappa shape index (κ2) is 7.25. The SMILES string of the molecule is O=C(CCc1ccccc1)NCCN1C(=O)c2cccc(F)c2C1=O. The van der Waals surface area contributed by atoms with Crippen LogP contribution in [-0.2, 0) is 11.2 Å². The normalized spacial score (nSPS) is 13.1. The molecule has 2 aromatic rings. The van der Waals surface area contributed by atoms with E-state index in [0.717, 1.165) is 16.5 Å². The summed E-state index contributed by atoms with van der Waals surface area (Å²) in [5.74, 6) is -2.05. The number of nitrogens with zero attached hydrogens (tertiary/aromatic N) is 1. The van der Waals surface area contributed by atoms with E-state index in [1.165, 1.54) is 12.1 Å². The smallest absolute Gasteiger partial charge is 0.264 e. The molecule has 1 aliphatic rings. The topological polar surface area (TPSA) is 66.5 Å². The van der Waals surface area contributed by atoms with Crippen LogP contribution in [0.5, 0.6) is 0 Å². The summed E-state index contributed by atoms with van der Waals surface area (Å²) in [5, 5.41) is 2.68. The van der Waals surface area contributed by atoms with Crippen molar-refractivity contribution in [1.29, 1.82) is 0 Å². The third-order valence-corrected chi connectivity index (χ3v) is 4.09. The third kappa shape index (κ3) is 3.57. The van der Waals surface area contributed by atoms with Crippen LogP contribution in [0, 0.1) is 5.82 Å². The number of nitrogens with one attached hydrogen (secondary N) is 1. The third-order valence-electron chi connectivity index (χ3n) is 4.09. The highest BCUT2D eigenvalue weighted by Gasteiger charge is 2.37. The number of carbonyl (C=O) groups is 3. The minimum absolute atomic E-state index is 0.0167. The molecule has 0 unspecified atom stereocenters. The van der Waals surface area contributed by atoms with Crippen LogP contribution in [-0.4, -0.2) is 35.7 Å². The van der Waals surface area contributed by atoms with E-state index in [4.69, 9.17) is 0 Å². The molecule has 2 aromatic carbocycles. The number of fused-ring (bicyclic) bond motifs is 1.